The maximum atomic E-state index is 11.3. The maximum absolute atomic E-state index is 11.3. The van der Waals surface area contributed by atoms with Gasteiger partial charge in [0.15, 0.2) is 0 Å². The Balaban J connectivity index is 4.02. The van der Waals surface area contributed by atoms with Gasteiger partial charge in [-0.3, -0.25) is 4.52 Å². The Morgan fingerprint density at radius 3 is 2.12 bits per heavy atom. The predicted molar refractivity (Wildman–Crippen MR) is 99.0 cm³/mol. The first-order valence-corrected chi connectivity index (χ1v) is 11.6. The van der Waals surface area contributed by atoms with Crippen LogP contribution in [-0.2, 0) is 18.0 Å². The number of phosphoric ester groups is 1. The molecule has 0 radical (unpaired) electrons. The SMILES string of the molecule is CCCCCCC/C(C)=C/CC/C(C)=C/COP(=O)(O)OP(=O)(O)O. The second-order valence-corrected chi connectivity index (χ2v) is 8.97. The Hall–Kier alpha value is -0.260. The summed E-state index contributed by atoms with van der Waals surface area (Å²) in [6.07, 6.45) is 12.9. The smallest absolute Gasteiger partial charge is 0.302 e. The molecule has 0 aliphatic carbocycles. The number of rotatable bonds is 14. The summed E-state index contributed by atoms with van der Waals surface area (Å²) in [4.78, 5) is 26.1. The van der Waals surface area contributed by atoms with Crippen molar-refractivity contribution in [1.82, 2.24) is 0 Å². The zero-order chi connectivity index (χ0) is 19.3. The van der Waals surface area contributed by atoms with Gasteiger partial charge >= 0.3 is 15.6 Å². The second kappa shape index (κ2) is 13.0. The van der Waals surface area contributed by atoms with E-state index in [1.54, 1.807) is 6.08 Å². The minimum absolute atomic E-state index is 0.250. The van der Waals surface area contributed by atoms with Crippen molar-refractivity contribution in [1.29, 1.82) is 0 Å². The van der Waals surface area contributed by atoms with E-state index in [1.807, 2.05) is 6.92 Å². The summed E-state index contributed by atoms with van der Waals surface area (Å²) in [5.41, 5.74) is 2.33. The molecule has 3 N–H and O–H groups in total. The largest absolute Gasteiger partial charge is 0.481 e. The summed E-state index contributed by atoms with van der Waals surface area (Å²) in [5, 5.41) is 0. The molecule has 1 atom stereocenters. The summed E-state index contributed by atoms with van der Waals surface area (Å²) >= 11 is 0. The average Bonchev–Trinajstić information content (AvgIpc) is 2.44. The number of unbranched alkanes of at least 4 members (excludes halogenated alkanes) is 4. The topological polar surface area (TPSA) is 113 Å². The number of allylic oxidation sites excluding steroid dienone is 3. The average molecular weight is 398 g/mol. The summed E-state index contributed by atoms with van der Waals surface area (Å²) in [6, 6.07) is 0. The van der Waals surface area contributed by atoms with Crippen LogP contribution >= 0.6 is 15.6 Å². The van der Waals surface area contributed by atoms with Crippen molar-refractivity contribution < 1.29 is 32.6 Å². The maximum Gasteiger partial charge on any atom is 0.481 e. The van der Waals surface area contributed by atoms with Gasteiger partial charge in [0.05, 0.1) is 6.61 Å². The van der Waals surface area contributed by atoms with Crippen LogP contribution in [0.2, 0.25) is 0 Å². The standard InChI is InChI=1S/C16H32O7P2/c1-4-5-6-7-8-10-15(2)11-9-12-16(3)13-14-22-25(20,21)23-24(17,18)19/h11,13H,4-10,12,14H2,1-3H3,(H,20,21)(H2,17,18,19)/b15-11+,16-13+. The van der Waals surface area contributed by atoms with E-state index in [-0.39, 0.29) is 6.61 Å². The molecule has 9 heteroatoms. The van der Waals surface area contributed by atoms with E-state index in [0.717, 1.165) is 24.8 Å². The molecule has 0 bridgehead atoms. The molecule has 0 fully saturated rings. The lowest BCUT2D eigenvalue weighted by atomic mass is 10.0. The number of hydrogen-bond donors (Lipinski definition) is 3. The molecular weight excluding hydrogens is 366 g/mol. The van der Waals surface area contributed by atoms with Gasteiger partial charge in [-0.1, -0.05) is 55.9 Å². The van der Waals surface area contributed by atoms with Crippen molar-refractivity contribution in [3.63, 3.8) is 0 Å². The molecule has 0 aromatic heterocycles. The predicted octanol–water partition coefficient (Wildman–Crippen LogP) is 5.25. The van der Waals surface area contributed by atoms with Crippen LogP contribution in [0.1, 0.15) is 72.1 Å². The molecule has 0 aromatic carbocycles. The van der Waals surface area contributed by atoms with E-state index in [4.69, 9.17) is 14.7 Å². The summed E-state index contributed by atoms with van der Waals surface area (Å²) < 4.78 is 30.0. The van der Waals surface area contributed by atoms with Crippen LogP contribution in [0.25, 0.3) is 0 Å². The lowest BCUT2D eigenvalue weighted by molar-refractivity contribution is 0.191. The first kappa shape index (κ1) is 24.7. The van der Waals surface area contributed by atoms with Gasteiger partial charge in [-0.25, -0.2) is 9.13 Å². The van der Waals surface area contributed by atoms with E-state index in [2.05, 4.69) is 28.8 Å². The molecule has 0 saturated heterocycles. The van der Waals surface area contributed by atoms with Crippen LogP contribution in [0.5, 0.6) is 0 Å². The van der Waals surface area contributed by atoms with E-state index in [0.29, 0.717) is 0 Å². The highest BCUT2D eigenvalue weighted by Gasteiger charge is 2.31. The lowest BCUT2D eigenvalue weighted by Crippen LogP contribution is -1.94. The van der Waals surface area contributed by atoms with Crippen molar-refractivity contribution in [2.75, 3.05) is 6.61 Å². The minimum atomic E-state index is -5.06. The molecule has 1 unspecified atom stereocenters. The molecule has 7 nitrogen and oxygen atoms in total. The van der Waals surface area contributed by atoms with Crippen molar-refractivity contribution >= 4 is 15.6 Å². The van der Waals surface area contributed by atoms with Gasteiger partial charge in [0.25, 0.3) is 0 Å². The summed E-state index contributed by atoms with van der Waals surface area (Å²) in [6.45, 7) is 5.95. The van der Waals surface area contributed by atoms with Crippen LogP contribution in [0.3, 0.4) is 0 Å². The first-order chi connectivity index (χ1) is 11.6. The Morgan fingerprint density at radius 2 is 1.52 bits per heavy atom. The molecule has 0 spiro atoms. The quantitative estimate of drug-likeness (QED) is 0.208. The molecule has 0 aromatic rings. The van der Waals surface area contributed by atoms with Crippen molar-refractivity contribution in [2.45, 2.75) is 72.1 Å². The molecule has 0 heterocycles. The monoisotopic (exact) mass is 398 g/mol. The van der Waals surface area contributed by atoms with Crippen LogP contribution in [0, 0.1) is 0 Å². The Kier molecular flexibility index (Phi) is 12.9. The molecule has 0 rings (SSSR count). The number of phosphoric acid groups is 2. The molecular formula is C16H32O7P2. The van der Waals surface area contributed by atoms with Crippen LogP contribution in [0.15, 0.2) is 23.3 Å². The Morgan fingerprint density at radius 1 is 0.920 bits per heavy atom. The first-order valence-electron chi connectivity index (χ1n) is 8.61. The summed E-state index contributed by atoms with van der Waals surface area (Å²) in [7, 11) is -9.81. The molecule has 0 saturated carbocycles. The highest BCUT2D eigenvalue weighted by Crippen LogP contribution is 2.57. The van der Waals surface area contributed by atoms with E-state index < -0.39 is 15.6 Å². The van der Waals surface area contributed by atoms with Crippen LogP contribution in [0.4, 0.5) is 0 Å². The lowest BCUT2D eigenvalue weighted by Gasteiger charge is -2.11. The summed E-state index contributed by atoms with van der Waals surface area (Å²) in [5.74, 6) is 0. The van der Waals surface area contributed by atoms with Gasteiger partial charge in [0, 0.05) is 0 Å². The van der Waals surface area contributed by atoms with E-state index in [1.165, 1.54) is 37.7 Å². The van der Waals surface area contributed by atoms with Crippen molar-refractivity contribution in [2.24, 2.45) is 0 Å². The normalized spacial score (nSPS) is 16.1. The van der Waals surface area contributed by atoms with Crippen LogP contribution < -0.4 is 0 Å². The van der Waals surface area contributed by atoms with Crippen molar-refractivity contribution in [3.8, 4) is 0 Å². The molecule has 0 aliphatic heterocycles. The second-order valence-electron chi connectivity index (χ2n) is 6.14. The number of hydrogen-bond acceptors (Lipinski definition) is 4. The molecule has 148 valence electrons. The molecule has 0 aliphatic rings. The van der Waals surface area contributed by atoms with E-state index in [9.17, 15) is 9.13 Å². The minimum Gasteiger partial charge on any atom is -0.302 e. The zero-order valence-corrected chi connectivity index (χ0v) is 17.2. The fourth-order valence-electron chi connectivity index (χ4n) is 2.19. The fraction of sp³-hybridized carbons (Fsp3) is 0.750. The Bertz CT molecular complexity index is 523. The molecule has 0 amide bonds. The van der Waals surface area contributed by atoms with Gasteiger partial charge in [-0.05, 0) is 39.5 Å². The third kappa shape index (κ3) is 16.9. The third-order valence-electron chi connectivity index (χ3n) is 3.59. The van der Waals surface area contributed by atoms with Crippen molar-refractivity contribution in [3.05, 3.63) is 23.3 Å². The zero-order valence-electron chi connectivity index (χ0n) is 15.4. The molecule has 25 heavy (non-hydrogen) atoms. The van der Waals surface area contributed by atoms with Gasteiger partial charge in [-0.2, -0.15) is 4.31 Å². The third-order valence-corrected chi connectivity index (χ3v) is 5.74. The van der Waals surface area contributed by atoms with E-state index >= 15 is 0 Å². The fourth-order valence-corrected chi connectivity index (χ4v) is 3.72. The highest BCUT2D eigenvalue weighted by molar-refractivity contribution is 7.60. The Labute approximate surface area is 151 Å². The van der Waals surface area contributed by atoms with Crippen LogP contribution in [-0.4, -0.2) is 21.3 Å². The highest BCUT2D eigenvalue weighted by atomic mass is 31.3. The van der Waals surface area contributed by atoms with Gasteiger partial charge < -0.3 is 14.7 Å². The van der Waals surface area contributed by atoms with Gasteiger partial charge in [-0.15, -0.1) is 0 Å². The van der Waals surface area contributed by atoms with Gasteiger partial charge in [0.2, 0.25) is 0 Å². The van der Waals surface area contributed by atoms with Gasteiger partial charge in [0.1, 0.15) is 0 Å².